The third-order valence-electron chi connectivity index (χ3n) is 5.65. The highest BCUT2D eigenvalue weighted by atomic mass is 16.5. The minimum Gasteiger partial charge on any atom is -0.375 e. The van der Waals surface area contributed by atoms with Crippen molar-refractivity contribution >= 4 is 11.6 Å². The molecular formula is C19H26N2O2. The summed E-state index contributed by atoms with van der Waals surface area (Å²) in [6, 6.07) is 8.84. The maximum Gasteiger partial charge on any atom is 0.228 e. The summed E-state index contributed by atoms with van der Waals surface area (Å²) in [6.07, 6.45) is 7.02. The van der Waals surface area contributed by atoms with Crippen LogP contribution < -0.4 is 4.90 Å². The van der Waals surface area contributed by atoms with Crippen LogP contribution in [0, 0.1) is 0 Å². The normalized spacial score (nSPS) is 27.6. The second-order valence-electron chi connectivity index (χ2n) is 6.97. The summed E-state index contributed by atoms with van der Waals surface area (Å²) in [6.45, 7) is 3.52. The van der Waals surface area contributed by atoms with E-state index in [4.69, 9.17) is 4.74 Å². The first kappa shape index (κ1) is 15.2. The van der Waals surface area contributed by atoms with E-state index in [0.717, 1.165) is 38.3 Å². The molecule has 0 radical (unpaired) electrons. The van der Waals surface area contributed by atoms with Crippen LogP contribution in [0.25, 0.3) is 0 Å². The van der Waals surface area contributed by atoms with Gasteiger partial charge in [-0.1, -0.05) is 31.0 Å². The summed E-state index contributed by atoms with van der Waals surface area (Å²) in [7, 11) is 0. The molecule has 1 aromatic carbocycles. The van der Waals surface area contributed by atoms with Gasteiger partial charge in [0.1, 0.15) is 0 Å². The summed E-state index contributed by atoms with van der Waals surface area (Å²) in [5.74, 6) is 0.272. The van der Waals surface area contributed by atoms with Gasteiger partial charge in [-0.3, -0.25) is 9.69 Å². The number of hydrogen-bond donors (Lipinski definition) is 0. The highest BCUT2D eigenvalue weighted by Gasteiger charge is 2.34. The number of rotatable bonds is 3. The minimum absolute atomic E-state index is 0.272. The Morgan fingerprint density at radius 1 is 1.17 bits per heavy atom. The highest BCUT2D eigenvalue weighted by Crippen LogP contribution is 2.30. The second-order valence-corrected chi connectivity index (χ2v) is 6.97. The van der Waals surface area contributed by atoms with E-state index in [1.807, 2.05) is 11.0 Å². The van der Waals surface area contributed by atoms with Crippen molar-refractivity contribution in [2.45, 2.75) is 50.7 Å². The number of morpholine rings is 1. The molecule has 0 N–H and O–H groups in total. The Morgan fingerprint density at radius 2 is 2.04 bits per heavy atom. The van der Waals surface area contributed by atoms with Gasteiger partial charge in [0.25, 0.3) is 0 Å². The number of fused-ring (bicyclic) bond motifs is 2. The fourth-order valence-corrected chi connectivity index (χ4v) is 4.43. The van der Waals surface area contributed by atoms with Crippen molar-refractivity contribution in [3.63, 3.8) is 0 Å². The van der Waals surface area contributed by atoms with Crippen molar-refractivity contribution in [3.8, 4) is 0 Å². The number of benzene rings is 1. The lowest BCUT2D eigenvalue weighted by atomic mass is 9.90. The predicted octanol–water partition coefficient (Wildman–Crippen LogP) is 2.61. The molecule has 2 heterocycles. The van der Waals surface area contributed by atoms with Crippen molar-refractivity contribution in [2.75, 3.05) is 31.1 Å². The number of carbonyl (C=O) groups excluding carboxylic acids is 1. The lowest BCUT2D eigenvalue weighted by Gasteiger charge is -2.43. The average Bonchev–Trinajstić information content (AvgIpc) is 3.04. The molecule has 2 atom stereocenters. The zero-order valence-electron chi connectivity index (χ0n) is 13.7. The lowest BCUT2D eigenvalue weighted by Crippen LogP contribution is -2.53. The van der Waals surface area contributed by atoms with E-state index in [1.54, 1.807) is 0 Å². The van der Waals surface area contributed by atoms with Crippen molar-refractivity contribution in [3.05, 3.63) is 29.8 Å². The standard InChI is InChI=1S/C19H26N2O2/c22-19(21-12-9-15-5-1-2-6-16(15)21)10-11-20-13-14-23-18-8-4-3-7-17(18)20/h1-2,5-6,17-18H,3-4,7-14H2/t17-,18+/m1/s1. The SMILES string of the molecule is O=C(CCN1CCO[C@H]2CCCC[C@H]21)N1CCc2ccccc21. The molecule has 1 saturated carbocycles. The Morgan fingerprint density at radius 3 is 3.00 bits per heavy atom. The number of anilines is 1. The van der Waals surface area contributed by atoms with E-state index in [-0.39, 0.29) is 5.91 Å². The van der Waals surface area contributed by atoms with Gasteiger partial charge in [0, 0.05) is 37.8 Å². The fraction of sp³-hybridized carbons (Fsp3) is 0.632. The van der Waals surface area contributed by atoms with Gasteiger partial charge in [0.05, 0.1) is 12.7 Å². The topological polar surface area (TPSA) is 32.8 Å². The maximum absolute atomic E-state index is 12.7. The number of para-hydroxylation sites is 1. The molecule has 1 saturated heterocycles. The first-order valence-electron chi connectivity index (χ1n) is 9.07. The van der Waals surface area contributed by atoms with Crippen molar-refractivity contribution in [1.82, 2.24) is 4.90 Å². The Labute approximate surface area is 138 Å². The molecule has 3 aliphatic rings. The highest BCUT2D eigenvalue weighted by molar-refractivity contribution is 5.95. The molecule has 0 spiro atoms. The minimum atomic E-state index is 0.272. The van der Waals surface area contributed by atoms with E-state index in [9.17, 15) is 4.79 Å². The average molecular weight is 314 g/mol. The van der Waals surface area contributed by atoms with Gasteiger partial charge in [-0.25, -0.2) is 0 Å². The Kier molecular flexibility index (Phi) is 4.36. The Balaban J connectivity index is 1.36. The van der Waals surface area contributed by atoms with Crippen LogP contribution in [0.2, 0.25) is 0 Å². The van der Waals surface area contributed by atoms with Gasteiger partial charge in [-0.15, -0.1) is 0 Å². The van der Waals surface area contributed by atoms with Gasteiger partial charge in [0.2, 0.25) is 5.91 Å². The molecule has 0 bridgehead atoms. The quantitative estimate of drug-likeness (QED) is 0.860. The molecule has 1 aromatic rings. The zero-order valence-corrected chi connectivity index (χ0v) is 13.7. The molecule has 4 nitrogen and oxygen atoms in total. The van der Waals surface area contributed by atoms with Gasteiger partial charge < -0.3 is 9.64 Å². The van der Waals surface area contributed by atoms with Gasteiger partial charge in [-0.05, 0) is 30.9 Å². The van der Waals surface area contributed by atoms with E-state index in [1.165, 1.54) is 31.2 Å². The van der Waals surface area contributed by atoms with Crippen LogP contribution in [0.15, 0.2) is 24.3 Å². The molecule has 0 unspecified atom stereocenters. The first-order chi connectivity index (χ1) is 11.3. The van der Waals surface area contributed by atoms with Crippen LogP contribution in [0.5, 0.6) is 0 Å². The summed E-state index contributed by atoms with van der Waals surface area (Å²) >= 11 is 0. The van der Waals surface area contributed by atoms with Gasteiger partial charge in [0.15, 0.2) is 0 Å². The molecule has 23 heavy (non-hydrogen) atoms. The number of carbonyl (C=O) groups is 1. The van der Waals surface area contributed by atoms with Crippen LogP contribution >= 0.6 is 0 Å². The van der Waals surface area contributed by atoms with Gasteiger partial charge >= 0.3 is 0 Å². The van der Waals surface area contributed by atoms with E-state index in [2.05, 4.69) is 23.1 Å². The smallest absolute Gasteiger partial charge is 0.228 e. The molecule has 4 rings (SSSR count). The van der Waals surface area contributed by atoms with Crippen LogP contribution in [0.1, 0.15) is 37.7 Å². The second kappa shape index (κ2) is 6.62. The van der Waals surface area contributed by atoms with Crippen LogP contribution in [-0.4, -0.2) is 49.2 Å². The number of amides is 1. The first-order valence-corrected chi connectivity index (χ1v) is 9.07. The number of nitrogens with zero attached hydrogens (tertiary/aromatic N) is 2. The van der Waals surface area contributed by atoms with Crippen LogP contribution in [0.4, 0.5) is 5.69 Å². The molecule has 1 aliphatic carbocycles. The van der Waals surface area contributed by atoms with E-state index < -0.39 is 0 Å². The molecule has 4 heteroatoms. The maximum atomic E-state index is 12.7. The molecule has 124 valence electrons. The lowest BCUT2D eigenvalue weighted by molar-refractivity contribution is -0.121. The molecule has 1 amide bonds. The number of ether oxygens (including phenoxy) is 1. The molecule has 2 aliphatic heterocycles. The predicted molar refractivity (Wildman–Crippen MR) is 90.7 cm³/mol. The Hall–Kier alpha value is -1.39. The van der Waals surface area contributed by atoms with Crippen molar-refractivity contribution in [2.24, 2.45) is 0 Å². The van der Waals surface area contributed by atoms with Gasteiger partial charge in [-0.2, -0.15) is 0 Å². The van der Waals surface area contributed by atoms with Crippen LogP contribution in [0.3, 0.4) is 0 Å². The van der Waals surface area contributed by atoms with E-state index in [0.29, 0.717) is 18.6 Å². The summed E-state index contributed by atoms with van der Waals surface area (Å²) in [5.41, 5.74) is 2.43. The van der Waals surface area contributed by atoms with Crippen LogP contribution in [-0.2, 0) is 16.0 Å². The monoisotopic (exact) mass is 314 g/mol. The summed E-state index contributed by atoms with van der Waals surface area (Å²) < 4.78 is 5.93. The van der Waals surface area contributed by atoms with Crippen molar-refractivity contribution < 1.29 is 9.53 Å². The summed E-state index contributed by atoms with van der Waals surface area (Å²) in [5, 5.41) is 0. The number of hydrogen-bond acceptors (Lipinski definition) is 3. The largest absolute Gasteiger partial charge is 0.375 e. The molecule has 0 aromatic heterocycles. The summed E-state index contributed by atoms with van der Waals surface area (Å²) in [4.78, 5) is 17.2. The van der Waals surface area contributed by atoms with Crippen molar-refractivity contribution in [1.29, 1.82) is 0 Å². The molecular weight excluding hydrogens is 288 g/mol. The zero-order chi connectivity index (χ0) is 15.6. The van der Waals surface area contributed by atoms with E-state index >= 15 is 0 Å². The molecule has 2 fully saturated rings. The third kappa shape index (κ3) is 3.02. The third-order valence-corrected chi connectivity index (χ3v) is 5.65. The Bertz CT molecular complexity index is 572. The fourth-order valence-electron chi connectivity index (χ4n) is 4.43.